The van der Waals surface area contributed by atoms with Gasteiger partial charge >= 0.3 is 0 Å². The van der Waals surface area contributed by atoms with Gasteiger partial charge in [0.2, 0.25) is 12.4 Å². The molecule has 0 saturated carbocycles. The van der Waals surface area contributed by atoms with Gasteiger partial charge in [0, 0.05) is 0 Å². The summed E-state index contributed by atoms with van der Waals surface area (Å²) in [5, 5.41) is 27.6. The molecule has 1 aromatic heterocycles. The van der Waals surface area contributed by atoms with Gasteiger partial charge in [0.15, 0.2) is 0 Å². The summed E-state index contributed by atoms with van der Waals surface area (Å²) in [4.78, 5) is 3.44. The fourth-order valence-electron chi connectivity index (χ4n) is 0.579. The highest BCUT2D eigenvalue weighted by Gasteiger charge is 2.00. The van der Waals surface area contributed by atoms with Gasteiger partial charge in [0.05, 0.1) is 6.61 Å². The maximum Gasteiger partial charge on any atom is 0.279 e. The Morgan fingerprint density at radius 2 is 2.30 bits per heavy atom. The van der Waals surface area contributed by atoms with Crippen LogP contribution in [0, 0.1) is 5.21 Å². The normalized spacial score (nSPS) is 9.70. The third-order valence-corrected chi connectivity index (χ3v) is 0.939. The van der Waals surface area contributed by atoms with Crippen molar-refractivity contribution in [2.45, 2.75) is 6.61 Å². The average molecular weight is 142 g/mol. The van der Waals surface area contributed by atoms with Crippen molar-refractivity contribution < 1.29 is 14.9 Å². The van der Waals surface area contributed by atoms with Crippen molar-refractivity contribution in [2.24, 2.45) is 0 Å². The van der Waals surface area contributed by atoms with Crippen molar-refractivity contribution in [3.63, 3.8) is 0 Å². The van der Waals surface area contributed by atoms with E-state index < -0.39 is 0 Å². The highest BCUT2D eigenvalue weighted by atomic mass is 16.5. The van der Waals surface area contributed by atoms with E-state index in [4.69, 9.17) is 10.2 Å². The van der Waals surface area contributed by atoms with Crippen LogP contribution in [0.4, 0.5) is 0 Å². The summed E-state index contributed by atoms with van der Waals surface area (Å²) in [7, 11) is 0. The molecule has 1 heterocycles. The van der Waals surface area contributed by atoms with Crippen molar-refractivity contribution in [2.75, 3.05) is 0 Å². The molecule has 0 atom stereocenters. The Bertz CT molecular complexity index is 218. The second-order valence-electron chi connectivity index (χ2n) is 1.74. The molecule has 54 valence electrons. The number of nitrogens with zero attached hydrogens (tertiary/aromatic N) is 2. The summed E-state index contributed by atoms with van der Waals surface area (Å²) in [5.74, 6) is -0.387. The monoisotopic (exact) mass is 142 g/mol. The lowest BCUT2D eigenvalue weighted by atomic mass is 10.5. The van der Waals surface area contributed by atoms with Crippen LogP contribution in [0.3, 0.4) is 0 Å². The molecular formula is C5H6N2O3. The summed E-state index contributed by atoms with van der Waals surface area (Å²) < 4.78 is 0.383. The summed E-state index contributed by atoms with van der Waals surface area (Å²) in [6, 6.07) is 0. The third-order valence-electron chi connectivity index (χ3n) is 0.939. The highest BCUT2D eigenvalue weighted by Crippen LogP contribution is 1.99. The molecule has 0 spiro atoms. The number of aromatic hydroxyl groups is 1. The number of aliphatic hydroxyl groups excluding tert-OH is 1. The van der Waals surface area contributed by atoms with Crippen LogP contribution < -0.4 is 4.73 Å². The number of hydrogen-bond acceptors (Lipinski definition) is 4. The quantitative estimate of drug-likeness (QED) is 0.385. The van der Waals surface area contributed by atoms with Gasteiger partial charge < -0.3 is 15.4 Å². The zero-order chi connectivity index (χ0) is 7.56. The predicted octanol–water partition coefficient (Wildman–Crippen LogP) is -1.09. The van der Waals surface area contributed by atoms with Gasteiger partial charge in [-0.3, -0.25) is 0 Å². The van der Waals surface area contributed by atoms with Crippen LogP contribution in [0.1, 0.15) is 5.69 Å². The maximum absolute atomic E-state index is 10.5. The van der Waals surface area contributed by atoms with E-state index in [0.717, 1.165) is 12.4 Å². The van der Waals surface area contributed by atoms with E-state index in [1.807, 2.05) is 0 Å². The van der Waals surface area contributed by atoms with Crippen LogP contribution in [0.2, 0.25) is 0 Å². The molecular weight excluding hydrogens is 136 g/mol. The standard InChI is InChI=1S/C5H6N2O3/c8-3-4-1-7(10)2-5(9)6-4/h1-2,8H,3H2,(H,6,9). The van der Waals surface area contributed by atoms with Gasteiger partial charge in [0.25, 0.3) is 5.88 Å². The molecule has 0 amide bonds. The second kappa shape index (κ2) is 2.49. The topological polar surface area (TPSA) is 80.3 Å². The first-order chi connectivity index (χ1) is 4.72. The first kappa shape index (κ1) is 6.76. The minimum Gasteiger partial charge on any atom is -0.619 e. The number of aromatic nitrogens is 2. The number of aliphatic hydroxyl groups is 1. The minimum absolute atomic E-state index is 0.148. The van der Waals surface area contributed by atoms with Crippen LogP contribution >= 0.6 is 0 Å². The zero-order valence-corrected chi connectivity index (χ0v) is 5.06. The lowest BCUT2D eigenvalue weighted by molar-refractivity contribution is -0.607. The van der Waals surface area contributed by atoms with E-state index in [1.165, 1.54) is 0 Å². The van der Waals surface area contributed by atoms with Gasteiger partial charge in [-0.2, -0.15) is 4.73 Å². The molecule has 0 saturated heterocycles. The number of hydrogen-bond donors (Lipinski definition) is 2. The zero-order valence-electron chi connectivity index (χ0n) is 5.06. The molecule has 5 heteroatoms. The van der Waals surface area contributed by atoms with Crippen molar-refractivity contribution in [1.29, 1.82) is 0 Å². The largest absolute Gasteiger partial charge is 0.619 e. The summed E-state index contributed by atoms with van der Waals surface area (Å²) in [6.45, 7) is -0.351. The van der Waals surface area contributed by atoms with Crippen molar-refractivity contribution in [3.8, 4) is 5.88 Å². The van der Waals surface area contributed by atoms with Crippen molar-refractivity contribution >= 4 is 0 Å². The predicted molar refractivity (Wildman–Crippen MR) is 30.8 cm³/mol. The van der Waals surface area contributed by atoms with E-state index >= 15 is 0 Å². The minimum atomic E-state index is -0.387. The Morgan fingerprint density at radius 3 is 2.80 bits per heavy atom. The van der Waals surface area contributed by atoms with Crippen molar-refractivity contribution in [1.82, 2.24) is 4.98 Å². The fraction of sp³-hybridized carbons (Fsp3) is 0.200. The third kappa shape index (κ3) is 1.32. The van der Waals surface area contributed by atoms with E-state index in [1.54, 1.807) is 0 Å². The molecule has 0 aliphatic carbocycles. The Labute approximate surface area is 56.8 Å². The molecule has 1 rings (SSSR count). The van der Waals surface area contributed by atoms with Crippen molar-refractivity contribution in [3.05, 3.63) is 23.3 Å². The first-order valence-corrected chi connectivity index (χ1v) is 2.62. The highest BCUT2D eigenvalue weighted by molar-refractivity contribution is 5.00. The Balaban J connectivity index is 3.06. The number of rotatable bonds is 1. The van der Waals surface area contributed by atoms with E-state index in [0.29, 0.717) is 4.73 Å². The summed E-state index contributed by atoms with van der Waals surface area (Å²) in [5.41, 5.74) is 0.148. The maximum atomic E-state index is 10.5. The molecule has 0 aliphatic rings. The van der Waals surface area contributed by atoms with Gasteiger partial charge in [-0.15, -0.1) is 0 Å². The molecule has 0 aromatic carbocycles. The van der Waals surface area contributed by atoms with Gasteiger partial charge in [0.1, 0.15) is 5.69 Å². The summed E-state index contributed by atoms with van der Waals surface area (Å²) >= 11 is 0. The molecule has 1 aromatic rings. The van der Waals surface area contributed by atoms with Crippen LogP contribution in [0.25, 0.3) is 0 Å². The van der Waals surface area contributed by atoms with Crippen LogP contribution in [-0.4, -0.2) is 15.2 Å². The lowest BCUT2D eigenvalue weighted by Gasteiger charge is -1.97. The van der Waals surface area contributed by atoms with E-state index in [9.17, 15) is 5.21 Å². The molecule has 0 radical (unpaired) electrons. The second-order valence-corrected chi connectivity index (χ2v) is 1.74. The Kier molecular flexibility index (Phi) is 1.68. The van der Waals surface area contributed by atoms with E-state index in [2.05, 4.69) is 4.98 Å². The molecule has 0 unspecified atom stereocenters. The lowest BCUT2D eigenvalue weighted by Crippen LogP contribution is -2.25. The Morgan fingerprint density at radius 1 is 1.60 bits per heavy atom. The molecule has 0 bridgehead atoms. The molecule has 10 heavy (non-hydrogen) atoms. The SMILES string of the molecule is [O-][n+]1cc(O)nc(CO)c1. The van der Waals surface area contributed by atoms with Crippen LogP contribution in [-0.2, 0) is 6.61 Å². The smallest absolute Gasteiger partial charge is 0.279 e. The first-order valence-electron chi connectivity index (χ1n) is 2.62. The van der Waals surface area contributed by atoms with Gasteiger partial charge in [-0.05, 0) is 0 Å². The van der Waals surface area contributed by atoms with Crippen LogP contribution in [0.15, 0.2) is 12.4 Å². The van der Waals surface area contributed by atoms with Gasteiger partial charge in [-0.25, -0.2) is 4.98 Å². The average Bonchev–Trinajstić information content (AvgIpc) is 1.85. The molecule has 2 N–H and O–H groups in total. The Hall–Kier alpha value is -1.36. The van der Waals surface area contributed by atoms with E-state index in [-0.39, 0.29) is 18.2 Å². The summed E-state index contributed by atoms with van der Waals surface area (Å²) in [6.07, 6.45) is 1.98. The molecule has 0 fully saturated rings. The van der Waals surface area contributed by atoms with Crippen LogP contribution in [0.5, 0.6) is 5.88 Å². The molecule has 0 aliphatic heterocycles. The molecule has 5 nitrogen and oxygen atoms in total. The fourth-order valence-corrected chi connectivity index (χ4v) is 0.579. The van der Waals surface area contributed by atoms with Gasteiger partial charge in [-0.1, -0.05) is 0 Å².